The first-order valence-electron chi connectivity index (χ1n) is 5.08. The number of benzene rings is 1. The number of nitrogens with two attached hydrogens (primary N) is 2. The molecule has 1 rings (SSSR count). The molecule has 0 aromatic heterocycles. The molecule has 0 aliphatic rings. The van der Waals surface area contributed by atoms with Gasteiger partial charge in [-0.15, -0.1) is 0 Å². The molecular weight excluding hydrogens is 328 g/mol. The summed E-state index contributed by atoms with van der Waals surface area (Å²) in [5, 5.41) is 2.20. The number of hydrogen-bond acceptors (Lipinski definition) is 3. The van der Waals surface area contributed by atoms with Gasteiger partial charge in [0.15, 0.2) is 0 Å². The van der Waals surface area contributed by atoms with Gasteiger partial charge in [0.05, 0.1) is 0 Å². The predicted octanol–water partition coefficient (Wildman–Crippen LogP) is 2.00. The van der Waals surface area contributed by atoms with Gasteiger partial charge in [0.1, 0.15) is 0 Å². The van der Waals surface area contributed by atoms with Crippen molar-refractivity contribution in [3.63, 3.8) is 0 Å². The van der Waals surface area contributed by atoms with Gasteiger partial charge in [-0.05, 0) is 0 Å². The van der Waals surface area contributed by atoms with Crippen LogP contribution in [0, 0.1) is 0 Å². The van der Waals surface area contributed by atoms with E-state index in [1.165, 1.54) is 14.8 Å². The second-order valence-electron chi connectivity index (χ2n) is 4.70. The molecule has 0 aliphatic heterocycles. The zero-order valence-electron chi connectivity index (χ0n) is 9.87. The van der Waals surface area contributed by atoms with Crippen LogP contribution in [-0.4, -0.2) is 18.4 Å². The quantitative estimate of drug-likeness (QED) is 0.500. The second kappa shape index (κ2) is 5.29. The van der Waals surface area contributed by atoms with Crippen molar-refractivity contribution in [3.05, 3.63) is 35.6 Å². The molecule has 0 fully saturated rings. The molecule has 0 heterocycles. The third-order valence-corrected chi connectivity index (χ3v) is 8.28. The summed E-state index contributed by atoms with van der Waals surface area (Å²) >= 11 is 3.98. The molecule has 0 aliphatic carbocycles. The molecular formula is C11H18ClN3Sn. The Morgan fingerprint density at radius 2 is 1.88 bits per heavy atom. The SMILES string of the molecule is [CH3][Sn]([CH3])([CH3])[c]1cc(Cl)cc(N(N)/C=C\N)c1. The van der Waals surface area contributed by atoms with Crippen molar-refractivity contribution >= 4 is 39.2 Å². The van der Waals surface area contributed by atoms with E-state index in [1.807, 2.05) is 12.1 Å². The van der Waals surface area contributed by atoms with Crippen LogP contribution in [0.15, 0.2) is 30.6 Å². The fourth-order valence-electron chi connectivity index (χ4n) is 1.34. The van der Waals surface area contributed by atoms with Crippen LogP contribution in [-0.2, 0) is 0 Å². The first-order chi connectivity index (χ1) is 7.34. The minimum absolute atomic E-state index is 0.722. The van der Waals surface area contributed by atoms with Gasteiger partial charge in [-0.1, -0.05) is 0 Å². The molecule has 1 aromatic carbocycles. The number of anilines is 1. The van der Waals surface area contributed by atoms with Crippen LogP contribution in [0.25, 0.3) is 0 Å². The zero-order valence-corrected chi connectivity index (χ0v) is 13.5. The van der Waals surface area contributed by atoms with Gasteiger partial charge in [0, 0.05) is 0 Å². The van der Waals surface area contributed by atoms with Crippen molar-refractivity contribution in [1.29, 1.82) is 0 Å². The molecule has 16 heavy (non-hydrogen) atoms. The van der Waals surface area contributed by atoms with Crippen LogP contribution in [0.1, 0.15) is 0 Å². The Labute approximate surface area is 106 Å². The van der Waals surface area contributed by atoms with Crippen molar-refractivity contribution in [3.8, 4) is 0 Å². The fraction of sp³-hybridized carbons (Fsp3) is 0.273. The van der Waals surface area contributed by atoms with Gasteiger partial charge < -0.3 is 0 Å². The maximum absolute atomic E-state index is 6.10. The Kier molecular flexibility index (Phi) is 4.52. The third-order valence-electron chi connectivity index (χ3n) is 2.29. The molecule has 0 spiro atoms. The van der Waals surface area contributed by atoms with Crippen LogP contribution < -0.4 is 20.2 Å². The predicted molar refractivity (Wildman–Crippen MR) is 74.4 cm³/mol. The minimum atomic E-state index is -2.11. The molecule has 0 saturated carbocycles. The monoisotopic (exact) mass is 347 g/mol. The van der Waals surface area contributed by atoms with Crippen LogP contribution in [0.3, 0.4) is 0 Å². The Balaban J connectivity index is 3.18. The van der Waals surface area contributed by atoms with E-state index in [4.69, 9.17) is 23.2 Å². The summed E-state index contributed by atoms with van der Waals surface area (Å²) in [6.45, 7) is 0. The maximum atomic E-state index is 6.10. The van der Waals surface area contributed by atoms with E-state index in [2.05, 4.69) is 20.9 Å². The van der Waals surface area contributed by atoms with Crippen LogP contribution >= 0.6 is 11.6 Å². The van der Waals surface area contributed by atoms with E-state index < -0.39 is 18.4 Å². The molecule has 0 amide bonds. The van der Waals surface area contributed by atoms with Gasteiger partial charge >= 0.3 is 106 Å². The Morgan fingerprint density at radius 3 is 2.38 bits per heavy atom. The number of hydrazine groups is 1. The summed E-state index contributed by atoms with van der Waals surface area (Å²) < 4.78 is 1.35. The molecule has 1 aromatic rings. The van der Waals surface area contributed by atoms with Gasteiger partial charge in [-0.3, -0.25) is 0 Å². The molecule has 3 nitrogen and oxygen atoms in total. The first kappa shape index (κ1) is 13.7. The number of nitrogens with zero attached hydrogens (tertiary/aromatic N) is 1. The van der Waals surface area contributed by atoms with Crippen LogP contribution in [0.4, 0.5) is 5.69 Å². The van der Waals surface area contributed by atoms with Crippen molar-refractivity contribution < 1.29 is 0 Å². The summed E-state index contributed by atoms with van der Waals surface area (Å²) in [6.07, 6.45) is 3.01. The average molecular weight is 346 g/mol. The normalized spacial score (nSPS) is 12.1. The average Bonchev–Trinajstić information content (AvgIpc) is 2.16. The van der Waals surface area contributed by atoms with Crippen molar-refractivity contribution in [2.75, 3.05) is 5.01 Å². The van der Waals surface area contributed by atoms with Crippen LogP contribution in [0.2, 0.25) is 19.8 Å². The molecule has 88 valence electrons. The van der Waals surface area contributed by atoms with Gasteiger partial charge in [-0.25, -0.2) is 0 Å². The molecule has 0 atom stereocenters. The van der Waals surface area contributed by atoms with Crippen molar-refractivity contribution in [2.45, 2.75) is 14.8 Å². The number of rotatable bonds is 3. The van der Waals surface area contributed by atoms with Crippen LogP contribution in [0.5, 0.6) is 0 Å². The van der Waals surface area contributed by atoms with Crippen molar-refractivity contribution in [2.24, 2.45) is 11.6 Å². The van der Waals surface area contributed by atoms with E-state index in [0.717, 1.165) is 10.7 Å². The summed E-state index contributed by atoms with van der Waals surface area (Å²) in [4.78, 5) is 7.01. The van der Waals surface area contributed by atoms with Gasteiger partial charge in [0.25, 0.3) is 0 Å². The third kappa shape index (κ3) is 3.57. The van der Waals surface area contributed by atoms with E-state index in [0.29, 0.717) is 0 Å². The Hall–Kier alpha value is -0.391. The van der Waals surface area contributed by atoms with Gasteiger partial charge in [0.2, 0.25) is 0 Å². The zero-order chi connectivity index (χ0) is 12.3. The summed E-state index contributed by atoms with van der Waals surface area (Å²) in [5.74, 6) is 5.82. The van der Waals surface area contributed by atoms with E-state index in [1.54, 1.807) is 6.20 Å². The van der Waals surface area contributed by atoms with E-state index in [-0.39, 0.29) is 0 Å². The van der Waals surface area contributed by atoms with E-state index >= 15 is 0 Å². The summed E-state index contributed by atoms with van der Waals surface area (Å²) in [5.41, 5.74) is 6.18. The standard InChI is InChI=1S/C8H9ClN3.3CH3.Sn/c9-7-2-1-3-8(6-7)12(11)5-4-10;;;;/h2-6H,10-11H2;3*1H3;/b5-4-;;;;. The molecule has 0 unspecified atom stereocenters. The molecule has 0 saturated heterocycles. The Bertz CT molecular complexity index is 399. The van der Waals surface area contributed by atoms with Crippen molar-refractivity contribution in [1.82, 2.24) is 0 Å². The number of hydrogen-bond donors (Lipinski definition) is 2. The second-order valence-corrected chi connectivity index (χ2v) is 19.6. The molecule has 4 N–H and O–H groups in total. The molecule has 0 bridgehead atoms. The Morgan fingerprint density at radius 1 is 1.25 bits per heavy atom. The van der Waals surface area contributed by atoms with Gasteiger partial charge in [-0.2, -0.15) is 0 Å². The molecule has 5 heteroatoms. The summed E-state index contributed by atoms with van der Waals surface area (Å²) in [7, 11) is 0. The molecule has 0 radical (unpaired) electrons. The van der Waals surface area contributed by atoms with E-state index in [9.17, 15) is 0 Å². The summed E-state index contributed by atoms with van der Waals surface area (Å²) in [6, 6.07) is 5.98. The first-order valence-corrected chi connectivity index (χ1v) is 15.4. The topological polar surface area (TPSA) is 55.3 Å². The fourth-order valence-corrected chi connectivity index (χ4v) is 5.16. The number of halogens is 1.